The summed E-state index contributed by atoms with van der Waals surface area (Å²) in [6.07, 6.45) is -1.69. The summed E-state index contributed by atoms with van der Waals surface area (Å²) in [5.41, 5.74) is 0.833. The summed E-state index contributed by atoms with van der Waals surface area (Å²) in [6, 6.07) is 0. The molecule has 0 aromatic carbocycles. The van der Waals surface area contributed by atoms with Gasteiger partial charge in [-0.3, -0.25) is 10.7 Å². The Hall–Kier alpha value is 0.866. The molecule has 0 aromatic rings. The van der Waals surface area contributed by atoms with Crippen molar-refractivity contribution in [1.82, 2.24) is 5.48 Å². The molecule has 2 N–H and O–H groups in total. The van der Waals surface area contributed by atoms with Crippen LogP contribution in [0, 0.1) is 0 Å². The summed E-state index contributed by atoms with van der Waals surface area (Å²) in [7, 11) is 0. The molecule has 4 nitrogen and oxygen atoms in total. The number of nitrogens with one attached hydrogen (secondary N) is 1. The fraction of sp³-hybridized carbons (Fsp3) is 0. The molecule has 0 atom stereocenters. The predicted octanol–water partition coefficient (Wildman–Crippen LogP) is -4.69. The number of carbonyl (C=O) groups is 1. The Kier molecular flexibility index (Phi) is 9.76. The van der Waals surface area contributed by atoms with E-state index < -0.39 is 6.09 Å². The third kappa shape index (κ3) is 8.85. The van der Waals surface area contributed by atoms with Crippen LogP contribution in [0.25, 0.3) is 0 Å². The predicted molar refractivity (Wildman–Crippen MR) is 10.3 cm³/mol. The van der Waals surface area contributed by atoms with Crippen molar-refractivity contribution in [2.75, 3.05) is 0 Å². The zero-order chi connectivity index (χ0) is 4.28. The van der Waals surface area contributed by atoms with Gasteiger partial charge < -0.3 is 9.90 Å². The van der Waals surface area contributed by atoms with Crippen LogP contribution in [-0.2, 0) is 0 Å². The van der Waals surface area contributed by atoms with E-state index in [0.29, 0.717) is 0 Å². The number of carboxylic acid groups (broad SMARTS) is 1. The van der Waals surface area contributed by atoms with E-state index in [1.165, 1.54) is 0 Å². The van der Waals surface area contributed by atoms with E-state index in [2.05, 4.69) is 0 Å². The zero-order valence-electron chi connectivity index (χ0n) is 3.26. The first kappa shape index (κ1) is 9.98. The molecule has 6 heavy (non-hydrogen) atoms. The van der Waals surface area contributed by atoms with Gasteiger partial charge in [0, 0.05) is 0 Å². The Morgan fingerprint density at radius 1 is 1.83 bits per heavy atom. The molecule has 0 fully saturated rings. The van der Waals surface area contributed by atoms with Gasteiger partial charge in [0.1, 0.15) is 0 Å². The van der Waals surface area contributed by atoms with Gasteiger partial charge >= 0.3 is 51.4 Å². The van der Waals surface area contributed by atoms with Crippen molar-refractivity contribution in [3.63, 3.8) is 0 Å². The maximum Gasteiger partial charge on any atom is 1.00 e. The molecule has 0 heterocycles. The van der Waals surface area contributed by atoms with E-state index in [9.17, 15) is 0 Å². The topological polar surface area (TPSA) is 72.4 Å². The van der Waals surface area contributed by atoms with Crippen LogP contribution in [0.4, 0.5) is 4.79 Å². The van der Waals surface area contributed by atoms with Crippen LogP contribution in [0.2, 0.25) is 0 Å². The van der Waals surface area contributed by atoms with Crippen molar-refractivity contribution >= 4 is 6.09 Å². The second kappa shape index (κ2) is 5.87. The van der Waals surface area contributed by atoms with E-state index in [0.717, 1.165) is 5.48 Å². The van der Waals surface area contributed by atoms with Gasteiger partial charge in [-0.2, -0.15) is 0 Å². The molecular weight excluding hydrogens is 113 g/mol. The molecule has 0 rings (SSSR count). The zero-order valence-corrected chi connectivity index (χ0v) is 6.39. The largest absolute Gasteiger partial charge is 1.00 e. The maximum absolute atomic E-state index is 8.90. The normalized spacial score (nSPS) is 5.50. The fourth-order valence-electron chi connectivity index (χ4n) is 0. The van der Waals surface area contributed by atoms with E-state index in [1.807, 2.05) is 0 Å². The molecule has 0 aliphatic carbocycles. The van der Waals surface area contributed by atoms with Gasteiger partial charge in [-0.25, -0.2) is 0 Å². The minimum absolute atomic E-state index is 0. The molecule has 1 amide bonds. The van der Waals surface area contributed by atoms with Crippen LogP contribution in [0.3, 0.4) is 0 Å². The third-order valence-corrected chi connectivity index (χ3v) is 0.0913. The SMILES string of the molecule is O=C([O-])NO.[K+]. The Balaban J connectivity index is 0. The minimum Gasteiger partial charge on any atom is -0.529 e. The molecule has 5 heteroatoms. The number of hydroxylamine groups is 1. The van der Waals surface area contributed by atoms with Crippen LogP contribution < -0.4 is 62.0 Å². The minimum atomic E-state index is -1.69. The monoisotopic (exact) mass is 115 g/mol. The molecule has 0 spiro atoms. The molecule has 0 bridgehead atoms. The van der Waals surface area contributed by atoms with Crippen molar-refractivity contribution in [1.29, 1.82) is 0 Å². The van der Waals surface area contributed by atoms with Crippen LogP contribution in [0.5, 0.6) is 0 Å². The van der Waals surface area contributed by atoms with Gasteiger partial charge in [-0.15, -0.1) is 0 Å². The molecule has 0 aliphatic rings. The Bertz CT molecular complexity index is 46.1. The molecule has 0 radical (unpaired) electrons. The van der Waals surface area contributed by atoms with E-state index in [-0.39, 0.29) is 51.4 Å². The van der Waals surface area contributed by atoms with Crippen molar-refractivity contribution in [2.24, 2.45) is 0 Å². The summed E-state index contributed by atoms with van der Waals surface area (Å²) >= 11 is 0. The standard InChI is InChI=1S/CH3NO3.K/c3-1(4)2-5;/h2,5H,(H,3,4);/q;+1/p-1. The van der Waals surface area contributed by atoms with Crippen LogP contribution in [0.1, 0.15) is 0 Å². The summed E-state index contributed by atoms with van der Waals surface area (Å²) < 4.78 is 0. The third-order valence-electron chi connectivity index (χ3n) is 0.0913. The number of hydrogen-bond donors (Lipinski definition) is 2. The van der Waals surface area contributed by atoms with E-state index in [4.69, 9.17) is 15.1 Å². The molecular formula is CH2KNO3. The summed E-state index contributed by atoms with van der Waals surface area (Å²) in [5, 5.41) is 16.1. The molecule has 0 saturated carbocycles. The van der Waals surface area contributed by atoms with E-state index in [1.54, 1.807) is 0 Å². The van der Waals surface area contributed by atoms with Gasteiger partial charge in [-0.05, 0) is 0 Å². The molecule has 0 saturated heterocycles. The van der Waals surface area contributed by atoms with Crippen molar-refractivity contribution < 1.29 is 66.5 Å². The Morgan fingerprint density at radius 3 is 2.00 bits per heavy atom. The number of amides is 1. The smallest absolute Gasteiger partial charge is 0.529 e. The first-order valence-corrected chi connectivity index (χ1v) is 0.882. The van der Waals surface area contributed by atoms with Gasteiger partial charge in [0.25, 0.3) is 0 Å². The molecule has 0 aliphatic heterocycles. The Morgan fingerprint density at radius 2 is 2.00 bits per heavy atom. The van der Waals surface area contributed by atoms with Crippen LogP contribution in [0.15, 0.2) is 0 Å². The van der Waals surface area contributed by atoms with Crippen LogP contribution >= 0.6 is 0 Å². The van der Waals surface area contributed by atoms with Crippen LogP contribution in [-0.4, -0.2) is 11.3 Å². The number of hydrogen-bond acceptors (Lipinski definition) is 3. The van der Waals surface area contributed by atoms with Crippen molar-refractivity contribution in [3.8, 4) is 0 Å². The molecule has 0 aromatic heterocycles. The van der Waals surface area contributed by atoms with Gasteiger partial charge in [0.15, 0.2) is 6.09 Å². The maximum atomic E-state index is 8.90. The summed E-state index contributed by atoms with van der Waals surface area (Å²) in [4.78, 5) is 8.90. The number of rotatable bonds is 0. The van der Waals surface area contributed by atoms with Gasteiger partial charge in [0.05, 0.1) is 0 Å². The molecule has 30 valence electrons. The van der Waals surface area contributed by atoms with E-state index >= 15 is 0 Å². The second-order valence-corrected chi connectivity index (χ2v) is 0.399. The van der Waals surface area contributed by atoms with Crippen molar-refractivity contribution in [3.05, 3.63) is 0 Å². The summed E-state index contributed by atoms with van der Waals surface area (Å²) in [6.45, 7) is 0. The number of carbonyl (C=O) groups excluding carboxylic acids is 1. The van der Waals surface area contributed by atoms with Gasteiger partial charge in [0.2, 0.25) is 0 Å². The fourth-order valence-corrected chi connectivity index (χ4v) is 0. The first-order chi connectivity index (χ1) is 2.27. The molecule has 0 unspecified atom stereocenters. The quantitative estimate of drug-likeness (QED) is 0.189. The van der Waals surface area contributed by atoms with Crippen molar-refractivity contribution in [2.45, 2.75) is 0 Å². The van der Waals surface area contributed by atoms with Gasteiger partial charge in [-0.1, -0.05) is 0 Å². The second-order valence-electron chi connectivity index (χ2n) is 0.399. The summed E-state index contributed by atoms with van der Waals surface area (Å²) in [5.74, 6) is 0. The Labute approximate surface area is 76.9 Å². The first-order valence-electron chi connectivity index (χ1n) is 0.882. The average Bonchev–Trinajstić information content (AvgIpc) is 1.38. The average molecular weight is 115 g/mol.